The molecule has 2 aromatic heterocycles. The molecule has 144 valence electrons. The van der Waals surface area contributed by atoms with Crippen LogP contribution in [0.2, 0.25) is 0 Å². The summed E-state index contributed by atoms with van der Waals surface area (Å²) < 4.78 is 15.2. The summed E-state index contributed by atoms with van der Waals surface area (Å²) in [6.07, 6.45) is 1.69. The van der Waals surface area contributed by atoms with E-state index >= 15 is 0 Å². The summed E-state index contributed by atoms with van der Waals surface area (Å²) in [4.78, 5) is 24.3. The van der Waals surface area contributed by atoms with Crippen LogP contribution < -0.4 is 10.6 Å². The fraction of sp³-hybridized carbons (Fsp3) is 0.263. The van der Waals surface area contributed by atoms with E-state index in [0.29, 0.717) is 35.3 Å². The van der Waals surface area contributed by atoms with Crippen LogP contribution in [0.25, 0.3) is 10.2 Å². The van der Waals surface area contributed by atoms with Crippen LogP contribution in [0.4, 0.5) is 15.1 Å². The molecule has 0 bridgehead atoms. The summed E-state index contributed by atoms with van der Waals surface area (Å²) in [5, 5.41) is 9.20. The number of benzene rings is 1. The minimum Gasteiger partial charge on any atom is -0.344 e. The van der Waals surface area contributed by atoms with Crippen molar-refractivity contribution in [3.8, 4) is 0 Å². The second-order valence-electron chi connectivity index (χ2n) is 6.82. The number of pyridine rings is 1. The molecule has 2 N–H and O–H groups in total. The first-order chi connectivity index (χ1) is 13.6. The molecule has 1 aromatic carbocycles. The van der Waals surface area contributed by atoms with Crippen LogP contribution in [-0.4, -0.2) is 41.7 Å². The van der Waals surface area contributed by atoms with E-state index in [1.807, 2.05) is 12.1 Å². The van der Waals surface area contributed by atoms with Gasteiger partial charge in [-0.3, -0.25) is 9.63 Å². The Balaban J connectivity index is 1.57. The van der Waals surface area contributed by atoms with Crippen LogP contribution in [0.1, 0.15) is 10.4 Å². The van der Waals surface area contributed by atoms with Crippen LogP contribution in [0.3, 0.4) is 0 Å². The molecule has 5 rings (SSSR count). The van der Waals surface area contributed by atoms with Crippen molar-refractivity contribution in [3.63, 3.8) is 0 Å². The van der Waals surface area contributed by atoms with E-state index in [-0.39, 0.29) is 17.8 Å². The number of hydrogen-bond acceptors (Lipinski definition) is 6. The van der Waals surface area contributed by atoms with E-state index in [1.54, 1.807) is 18.3 Å². The van der Waals surface area contributed by atoms with Crippen LogP contribution >= 0.6 is 33.9 Å². The molecule has 2 atom stereocenters. The van der Waals surface area contributed by atoms with Crippen molar-refractivity contribution < 1.29 is 14.0 Å². The molecule has 9 heteroatoms. The molecule has 3 aromatic rings. The smallest absolute Gasteiger partial charge is 0.281 e. The van der Waals surface area contributed by atoms with Crippen LogP contribution in [0.15, 0.2) is 36.5 Å². The van der Waals surface area contributed by atoms with E-state index in [0.717, 1.165) is 20.3 Å². The number of thiophene rings is 1. The third kappa shape index (κ3) is 3.06. The number of rotatable bonds is 3. The number of hydrogen-bond donors (Lipinski definition) is 2. The van der Waals surface area contributed by atoms with Crippen molar-refractivity contribution in [1.29, 1.82) is 0 Å². The summed E-state index contributed by atoms with van der Waals surface area (Å²) >= 11 is 3.40. The Kier molecular flexibility index (Phi) is 4.69. The summed E-state index contributed by atoms with van der Waals surface area (Å²) in [5.41, 5.74) is 0.794. The fourth-order valence-corrected chi connectivity index (χ4v) is 5.20. The van der Waals surface area contributed by atoms with Crippen molar-refractivity contribution in [1.82, 2.24) is 15.4 Å². The summed E-state index contributed by atoms with van der Waals surface area (Å²) in [6, 6.07) is 8.62. The van der Waals surface area contributed by atoms with Gasteiger partial charge in [0.2, 0.25) is 0 Å². The molecule has 2 aliphatic rings. The fourth-order valence-electron chi connectivity index (χ4n) is 3.70. The van der Waals surface area contributed by atoms with Crippen LogP contribution in [0.5, 0.6) is 0 Å². The minimum atomic E-state index is -0.367. The topological polar surface area (TPSA) is 66.5 Å². The molecular formula is C19H16FIN4O2S. The molecule has 6 nitrogen and oxygen atoms in total. The van der Waals surface area contributed by atoms with E-state index in [2.05, 4.69) is 38.2 Å². The maximum Gasteiger partial charge on any atom is 0.281 e. The highest BCUT2D eigenvalue weighted by atomic mass is 127. The molecule has 2 aliphatic heterocycles. The van der Waals surface area contributed by atoms with E-state index < -0.39 is 0 Å². The Hall–Kier alpha value is -1.82. The van der Waals surface area contributed by atoms with Gasteiger partial charge in [0.15, 0.2) is 0 Å². The van der Waals surface area contributed by atoms with Gasteiger partial charge in [-0.1, -0.05) is 11.3 Å². The number of anilines is 2. The first-order valence-electron chi connectivity index (χ1n) is 8.88. The van der Waals surface area contributed by atoms with Gasteiger partial charge in [0.05, 0.1) is 23.9 Å². The molecular weight excluding hydrogens is 494 g/mol. The predicted molar refractivity (Wildman–Crippen MR) is 114 cm³/mol. The molecule has 2 unspecified atom stereocenters. The molecule has 28 heavy (non-hydrogen) atoms. The zero-order chi connectivity index (χ0) is 19.3. The second-order valence-corrected chi connectivity index (χ2v) is 9.07. The monoisotopic (exact) mass is 510 g/mol. The highest BCUT2D eigenvalue weighted by molar-refractivity contribution is 14.1. The first kappa shape index (κ1) is 18.2. The standard InChI is InChI=1S/C19H16FIN4O2S/c20-13-6-11(21)3-4-14(13)24-18-16(12-2-1-5-23-17(12)28-18)19(26)25-15-8-22-7-10(15)9-27-25/h1-6,10,15,22,24H,7-9H2. The number of nitrogens with one attached hydrogen (secondary N) is 2. The van der Waals surface area contributed by atoms with Gasteiger partial charge in [-0.05, 0) is 52.9 Å². The highest BCUT2D eigenvalue weighted by Gasteiger charge is 2.43. The van der Waals surface area contributed by atoms with E-state index in [1.165, 1.54) is 22.5 Å². The Morgan fingerprint density at radius 2 is 2.29 bits per heavy atom. The Bertz CT molecular complexity index is 1080. The average molecular weight is 510 g/mol. The largest absolute Gasteiger partial charge is 0.344 e. The zero-order valence-corrected chi connectivity index (χ0v) is 17.6. The van der Waals surface area contributed by atoms with Crippen molar-refractivity contribution in [3.05, 3.63) is 51.5 Å². The minimum absolute atomic E-state index is 0.0158. The number of carbonyl (C=O) groups excluding carboxylic acids is 1. The Labute approximate surface area is 178 Å². The lowest BCUT2D eigenvalue weighted by Crippen LogP contribution is -2.38. The molecule has 2 fully saturated rings. The number of amides is 1. The Morgan fingerprint density at radius 3 is 3.14 bits per heavy atom. The number of halogens is 2. The quantitative estimate of drug-likeness (QED) is 0.526. The summed E-state index contributed by atoms with van der Waals surface area (Å²) in [7, 11) is 0. The van der Waals surface area contributed by atoms with Gasteiger partial charge >= 0.3 is 0 Å². The van der Waals surface area contributed by atoms with Crippen molar-refractivity contribution in [2.75, 3.05) is 25.0 Å². The first-order valence-corrected chi connectivity index (χ1v) is 10.8. The lowest BCUT2D eigenvalue weighted by Gasteiger charge is -2.21. The third-order valence-electron chi connectivity index (χ3n) is 5.09. The molecule has 2 saturated heterocycles. The van der Waals surface area contributed by atoms with Gasteiger partial charge < -0.3 is 10.6 Å². The number of carbonyl (C=O) groups is 1. The number of fused-ring (bicyclic) bond motifs is 2. The number of nitrogens with zero attached hydrogens (tertiary/aromatic N) is 2. The normalized spacial score (nSPS) is 21.3. The number of aromatic nitrogens is 1. The molecule has 0 spiro atoms. The second kappa shape index (κ2) is 7.21. The summed E-state index contributed by atoms with van der Waals surface area (Å²) in [5.74, 6) is -0.283. The average Bonchev–Trinajstić information content (AvgIpc) is 3.37. The van der Waals surface area contributed by atoms with Crippen LogP contribution in [-0.2, 0) is 4.84 Å². The van der Waals surface area contributed by atoms with E-state index in [9.17, 15) is 9.18 Å². The predicted octanol–water partition coefficient (Wildman–Crippen LogP) is 3.76. The van der Waals surface area contributed by atoms with Crippen molar-refractivity contribution in [2.24, 2.45) is 5.92 Å². The van der Waals surface area contributed by atoms with Gasteiger partial charge in [0.1, 0.15) is 15.6 Å². The lowest BCUT2D eigenvalue weighted by molar-refractivity contribution is -0.0949. The van der Waals surface area contributed by atoms with E-state index in [4.69, 9.17) is 4.84 Å². The molecule has 4 heterocycles. The lowest BCUT2D eigenvalue weighted by atomic mass is 10.1. The van der Waals surface area contributed by atoms with Crippen molar-refractivity contribution >= 4 is 60.7 Å². The SMILES string of the molecule is O=C(c1c(Nc2ccc(I)cc2F)sc2ncccc12)N1OCC2CNCC21. The van der Waals surface area contributed by atoms with Gasteiger partial charge in [-0.15, -0.1) is 0 Å². The van der Waals surface area contributed by atoms with Gasteiger partial charge in [-0.25, -0.2) is 14.4 Å². The maximum absolute atomic E-state index is 14.4. The van der Waals surface area contributed by atoms with Gasteiger partial charge in [0, 0.05) is 34.2 Å². The molecule has 0 radical (unpaired) electrons. The molecule has 0 aliphatic carbocycles. The van der Waals surface area contributed by atoms with Gasteiger partial charge in [-0.2, -0.15) is 0 Å². The molecule has 0 saturated carbocycles. The van der Waals surface area contributed by atoms with Gasteiger partial charge in [0.25, 0.3) is 5.91 Å². The maximum atomic E-state index is 14.4. The summed E-state index contributed by atoms with van der Waals surface area (Å²) in [6.45, 7) is 2.09. The highest BCUT2D eigenvalue weighted by Crippen LogP contribution is 2.39. The molecule has 1 amide bonds. The zero-order valence-electron chi connectivity index (χ0n) is 14.6. The van der Waals surface area contributed by atoms with Crippen molar-refractivity contribution in [2.45, 2.75) is 6.04 Å². The number of hydroxylamine groups is 2. The van der Waals surface area contributed by atoms with Crippen LogP contribution in [0, 0.1) is 15.3 Å². The Morgan fingerprint density at radius 1 is 1.39 bits per heavy atom. The third-order valence-corrected chi connectivity index (χ3v) is 6.79.